The van der Waals surface area contributed by atoms with E-state index in [-0.39, 0.29) is 112 Å². The molecule has 0 fully saturated rings. The van der Waals surface area contributed by atoms with Crippen molar-refractivity contribution < 1.29 is 96.2 Å². The molecule has 0 saturated heterocycles. The molecule has 23 nitrogen and oxygen atoms in total. The molecule has 4 N–H and O–H groups in total. The van der Waals surface area contributed by atoms with E-state index in [9.17, 15) is 15.3 Å². The maximum atomic E-state index is 9.57. The van der Waals surface area contributed by atoms with Gasteiger partial charge in [0.15, 0.2) is 0 Å². The van der Waals surface area contributed by atoms with Crippen LogP contribution < -0.4 is 14.7 Å². The summed E-state index contributed by atoms with van der Waals surface area (Å²) in [7, 11) is 4.10. The van der Waals surface area contributed by atoms with E-state index in [1.54, 1.807) is 20.8 Å². The molecule has 0 aromatic heterocycles. The molecule has 99 heavy (non-hydrogen) atoms. The summed E-state index contributed by atoms with van der Waals surface area (Å²) in [6.45, 7) is 38.9. The predicted octanol–water partition coefficient (Wildman–Crippen LogP) is 8.61. The lowest BCUT2D eigenvalue weighted by molar-refractivity contribution is -0.0867. The van der Waals surface area contributed by atoms with Crippen LogP contribution in [-0.4, -0.2) is 291 Å². The zero-order valence-electron chi connectivity index (χ0n) is 63.5. The van der Waals surface area contributed by atoms with Gasteiger partial charge in [-0.15, -0.1) is 0 Å². The molecular weight excluding hydrogens is 1270 g/mol. The van der Waals surface area contributed by atoms with Gasteiger partial charge in [0.25, 0.3) is 0 Å². The van der Waals surface area contributed by atoms with Crippen molar-refractivity contribution in [1.82, 2.24) is 0 Å². The predicted molar refractivity (Wildman–Crippen MR) is 389 cm³/mol. The molecule has 3 aromatic carbocycles. The van der Waals surface area contributed by atoms with Gasteiger partial charge in [0.2, 0.25) is 0 Å². The normalized spacial score (nSPS) is 16.9. The van der Waals surface area contributed by atoms with Crippen LogP contribution in [0.2, 0.25) is 0 Å². The average Bonchev–Trinajstić information content (AvgIpc) is 0.800. The van der Waals surface area contributed by atoms with E-state index >= 15 is 0 Å². The molecule has 0 spiro atoms. The highest BCUT2D eigenvalue weighted by Gasteiger charge is 2.22. The van der Waals surface area contributed by atoms with E-state index in [1.807, 2.05) is 83.1 Å². The standard InChI is InChI=1S/C76H133N3O20/c1-55(81)40-89-63(9)48-97-67(13)52-93-59(5)44-85-36-31-78(30-35-84-43-58(4)92-51-66(12)96-47-62(8)88-39-34-80)74-26-20-71(21-27-74)76(70-18-24-73(25-19-70)77(16)17)72-22-28-75(29-23-72)79(32-37-86-45-60(6)94-53-68(14)98-49-64(10)90-41-56(2)82)33-38-87-46-61(7)95-54-69(15)99-50-65(11)91-42-57(3)83/h18-29,55-69,76,80-83H,30-54H2,1-17H3. The highest BCUT2D eigenvalue weighted by atomic mass is 16.6. The van der Waals surface area contributed by atoms with Gasteiger partial charge < -0.3 is 111 Å². The van der Waals surface area contributed by atoms with Crippen LogP contribution >= 0.6 is 0 Å². The first-order chi connectivity index (χ1) is 47.3. The fraction of sp³-hybridized carbons (Fsp3) is 0.763. The van der Waals surface area contributed by atoms with E-state index in [0.29, 0.717) is 132 Å². The Morgan fingerprint density at radius 3 is 0.677 bits per heavy atom. The largest absolute Gasteiger partial charge is 0.394 e. The quantitative estimate of drug-likeness (QED) is 0.0306. The van der Waals surface area contributed by atoms with Crippen molar-refractivity contribution in [2.45, 2.75) is 201 Å². The molecular formula is C76H133N3O20. The smallest absolute Gasteiger partial charge is 0.0781 e. The van der Waals surface area contributed by atoms with Crippen molar-refractivity contribution in [3.8, 4) is 0 Å². The molecule has 3 rings (SSSR count). The Balaban J connectivity index is 1.82. The third-order valence-corrected chi connectivity index (χ3v) is 15.6. The summed E-state index contributed by atoms with van der Waals surface area (Å²) in [5.41, 5.74) is 6.62. The zero-order chi connectivity index (χ0) is 72.9. The highest BCUT2D eigenvalue weighted by molar-refractivity contribution is 5.56. The Kier molecular flexibility index (Phi) is 48.0. The number of anilines is 3. The van der Waals surface area contributed by atoms with Crippen LogP contribution in [0.1, 0.15) is 126 Å². The van der Waals surface area contributed by atoms with Gasteiger partial charge in [0.05, 0.1) is 230 Å². The van der Waals surface area contributed by atoms with Crippen molar-refractivity contribution in [2.24, 2.45) is 0 Å². The SMILES string of the molecule is CC(O)COC(C)COC(C)COC(C)COCCN(CCOCC(C)OCC(C)OCC(C)OCCO)c1ccc(C(c2ccc(N(C)C)cc2)c2ccc(N(CCOCC(C)OCC(C)OCC(C)OCC(C)O)CCOCC(C)OCC(C)OCC(C)OCC(C)O)cc2)cc1. The van der Waals surface area contributed by atoms with E-state index in [2.05, 4.69) is 102 Å². The fourth-order valence-electron chi connectivity index (χ4n) is 9.87. The third-order valence-electron chi connectivity index (χ3n) is 15.6. The Labute approximate surface area is 595 Å². The molecule has 16 atom stereocenters. The summed E-state index contributed by atoms with van der Waals surface area (Å²) in [5, 5.41) is 37.8. The number of hydrogen-bond donors (Lipinski definition) is 4. The molecule has 572 valence electrons. The summed E-state index contributed by atoms with van der Waals surface area (Å²) < 4.78 is 95.7. The second-order valence-electron chi connectivity index (χ2n) is 26.9. The van der Waals surface area contributed by atoms with Crippen molar-refractivity contribution in [3.05, 3.63) is 89.5 Å². The molecule has 23 heteroatoms. The lowest BCUT2D eigenvalue weighted by Crippen LogP contribution is -2.33. The number of nitrogens with zero attached hydrogens (tertiary/aromatic N) is 3. The number of benzene rings is 3. The second kappa shape index (κ2) is 53.1. The van der Waals surface area contributed by atoms with E-state index < -0.39 is 18.3 Å². The number of hydrogen-bond acceptors (Lipinski definition) is 23. The summed E-state index contributed by atoms with van der Waals surface area (Å²) in [6.07, 6.45) is -3.35. The number of aliphatic hydroxyl groups is 4. The molecule has 0 radical (unpaired) electrons. The molecule has 0 heterocycles. The van der Waals surface area contributed by atoms with E-state index in [1.165, 1.54) is 0 Å². The maximum absolute atomic E-state index is 9.57. The summed E-state index contributed by atoms with van der Waals surface area (Å²) in [6, 6.07) is 26.5. The minimum Gasteiger partial charge on any atom is -0.394 e. The van der Waals surface area contributed by atoms with Crippen molar-refractivity contribution >= 4 is 17.1 Å². The first-order valence-corrected chi connectivity index (χ1v) is 36.1. The first kappa shape index (κ1) is 89.5. The van der Waals surface area contributed by atoms with Gasteiger partial charge in [0, 0.05) is 63.3 Å². The second-order valence-corrected chi connectivity index (χ2v) is 26.9. The van der Waals surface area contributed by atoms with E-state index in [4.69, 9.17) is 80.9 Å². The van der Waals surface area contributed by atoms with Crippen LogP contribution in [0.25, 0.3) is 0 Å². The summed E-state index contributed by atoms with van der Waals surface area (Å²) in [5.74, 6) is -0.0913. The lowest BCUT2D eigenvalue weighted by Gasteiger charge is -2.28. The fourth-order valence-corrected chi connectivity index (χ4v) is 9.87. The lowest BCUT2D eigenvalue weighted by atomic mass is 9.85. The molecule has 16 unspecified atom stereocenters. The molecule has 0 aliphatic carbocycles. The molecule has 0 aliphatic heterocycles. The van der Waals surface area contributed by atoms with Crippen LogP contribution in [0.5, 0.6) is 0 Å². The molecule has 0 amide bonds. The van der Waals surface area contributed by atoms with Gasteiger partial charge in [-0.2, -0.15) is 0 Å². The Hall–Kier alpha value is -3.74. The van der Waals surface area contributed by atoms with Crippen molar-refractivity contribution in [3.63, 3.8) is 0 Å². The average molecular weight is 1410 g/mol. The monoisotopic (exact) mass is 1410 g/mol. The summed E-state index contributed by atoms with van der Waals surface area (Å²) >= 11 is 0. The van der Waals surface area contributed by atoms with Crippen molar-refractivity contribution in [2.75, 3.05) is 194 Å². The highest BCUT2D eigenvalue weighted by Crippen LogP contribution is 2.35. The molecule has 0 bridgehead atoms. The Bertz CT molecular complexity index is 2340. The number of aliphatic hydroxyl groups excluding tert-OH is 4. The third kappa shape index (κ3) is 42.6. The van der Waals surface area contributed by atoms with Gasteiger partial charge in [-0.3, -0.25) is 0 Å². The van der Waals surface area contributed by atoms with Crippen LogP contribution in [0.3, 0.4) is 0 Å². The zero-order valence-corrected chi connectivity index (χ0v) is 63.5. The Morgan fingerprint density at radius 2 is 0.465 bits per heavy atom. The topological polar surface area (TPSA) is 238 Å². The van der Waals surface area contributed by atoms with Gasteiger partial charge in [-0.1, -0.05) is 36.4 Å². The minimum atomic E-state index is -0.530. The first-order valence-electron chi connectivity index (χ1n) is 36.1. The molecule has 3 aromatic rings. The molecule has 0 aliphatic rings. The minimum absolute atomic E-state index is 0.0270. The number of rotatable bonds is 62. The van der Waals surface area contributed by atoms with Crippen LogP contribution in [0.4, 0.5) is 17.1 Å². The van der Waals surface area contributed by atoms with Crippen LogP contribution in [0, 0.1) is 0 Å². The number of ether oxygens (including phenoxy) is 16. The Morgan fingerprint density at radius 1 is 0.263 bits per heavy atom. The van der Waals surface area contributed by atoms with Crippen LogP contribution in [-0.2, 0) is 75.8 Å². The van der Waals surface area contributed by atoms with Gasteiger partial charge in [-0.25, -0.2) is 0 Å². The van der Waals surface area contributed by atoms with Gasteiger partial charge in [0.1, 0.15) is 0 Å². The summed E-state index contributed by atoms with van der Waals surface area (Å²) in [4.78, 5) is 6.70. The van der Waals surface area contributed by atoms with Crippen LogP contribution in [0.15, 0.2) is 72.8 Å². The maximum Gasteiger partial charge on any atom is 0.0781 e. The molecule has 0 saturated carbocycles. The van der Waals surface area contributed by atoms with Gasteiger partial charge >= 0.3 is 0 Å². The van der Waals surface area contributed by atoms with Gasteiger partial charge in [-0.05, 0) is 157 Å². The van der Waals surface area contributed by atoms with Crippen molar-refractivity contribution in [1.29, 1.82) is 0 Å². The van der Waals surface area contributed by atoms with E-state index in [0.717, 1.165) is 33.8 Å².